The van der Waals surface area contributed by atoms with Crippen molar-refractivity contribution in [3.8, 4) is 6.07 Å². The number of aryl methyl sites for hydroxylation is 1. The molecule has 0 atom stereocenters. The first-order valence-electron chi connectivity index (χ1n) is 5.21. The van der Waals surface area contributed by atoms with E-state index in [0.29, 0.717) is 11.3 Å². The van der Waals surface area contributed by atoms with Crippen LogP contribution in [0.5, 0.6) is 0 Å². The Kier molecular flexibility index (Phi) is 3.84. The summed E-state index contributed by atoms with van der Waals surface area (Å²) in [4.78, 5) is 11.9. The Labute approximate surface area is 106 Å². The van der Waals surface area contributed by atoms with Crippen LogP contribution in [0, 0.1) is 30.6 Å². The number of halogens is 1. The van der Waals surface area contributed by atoms with Crippen molar-refractivity contribution in [1.29, 1.82) is 5.26 Å². The maximum absolute atomic E-state index is 11.9. The number of carbonyl (C=O) groups is 1. The second-order valence-electron chi connectivity index (χ2n) is 4.57. The van der Waals surface area contributed by atoms with Gasteiger partial charge < -0.3 is 4.42 Å². The molecule has 0 aliphatic heterocycles. The number of anilines is 1. The van der Waals surface area contributed by atoms with E-state index in [2.05, 4.69) is 5.32 Å². The van der Waals surface area contributed by atoms with E-state index in [0.717, 1.165) is 5.56 Å². The van der Waals surface area contributed by atoms with Crippen molar-refractivity contribution in [3.63, 3.8) is 0 Å². The van der Waals surface area contributed by atoms with Gasteiger partial charge in [-0.2, -0.15) is 5.26 Å². The molecule has 0 spiro atoms. The van der Waals surface area contributed by atoms with Gasteiger partial charge in [0.05, 0.1) is 5.41 Å². The molecule has 1 rings (SSSR count). The van der Waals surface area contributed by atoms with Gasteiger partial charge in [-0.05, 0) is 27.7 Å². The summed E-state index contributed by atoms with van der Waals surface area (Å²) in [6.07, 6.45) is 0. The standard InChI is InChI=1S/C12H15ClN2O2/c1-7-8(2)17-10(9(7)5-14)15-11(16)12(3,4)6-13/h6H2,1-4H3,(H,15,16). The molecule has 0 fully saturated rings. The van der Waals surface area contributed by atoms with Gasteiger partial charge >= 0.3 is 0 Å². The van der Waals surface area contributed by atoms with Gasteiger partial charge in [0.15, 0.2) is 0 Å². The van der Waals surface area contributed by atoms with E-state index in [1.807, 2.05) is 6.07 Å². The summed E-state index contributed by atoms with van der Waals surface area (Å²) in [6, 6.07) is 2.02. The normalized spacial score (nSPS) is 11.1. The van der Waals surface area contributed by atoms with Crippen molar-refractivity contribution in [2.24, 2.45) is 5.41 Å². The number of nitrogens with zero attached hydrogens (tertiary/aromatic N) is 1. The van der Waals surface area contributed by atoms with E-state index >= 15 is 0 Å². The summed E-state index contributed by atoms with van der Waals surface area (Å²) < 4.78 is 5.35. The second kappa shape index (κ2) is 4.80. The highest BCUT2D eigenvalue weighted by molar-refractivity contribution is 6.20. The quantitative estimate of drug-likeness (QED) is 0.844. The van der Waals surface area contributed by atoms with E-state index in [1.165, 1.54) is 0 Å². The Morgan fingerprint density at radius 2 is 2.12 bits per heavy atom. The molecular weight excluding hydrogens is 240 g/mol. The van der Waals surface area contributed by atoms with Crippen LogP contribution in [0.15, 0.2) is 4.42 Å². The van der Waals surface area contributed by atoms with Crippen LogP contribution in [0.2, 0.25) is 0 Å². The van der Waals surface area contributed by atoms with E-state index in [1.54, 1.807) is 27.7 Å². The Morgan fingerprint density at radius 3 is 2.59 bits per heavy atom. The van der Waals surface area contributed by atoms with Crippen molar-refractivity contribution >= 4 is 23.4 Å². The zero-order chi connectivity index (χ0) is 13.2. The fourth-order valence-electron chi connectivity index (χ4n) is 1.18. The third-order valence-electron chi connectivity index (χ3n) is 2.67. The number of carbonyl (C=O) groups excluding carboxylic acids is 1. The third kappa shape index (κ3) is 2.62. The summed E-state index contributed by atoms with van der Waals surface area (Å²) >= 11 is 5.71. The predicted octanol–water partition coefficient (Wildman–Crippen LogP) is 2.97. The summed E-state index contributed by atoms with van der Waals surface area (Å²) in [7, 11) is 0. The summed E-state index contributed by atoms with van der Waals surface area (Å²) in [5.74, 6) is 0.753. The first kappa shape index (κ1) is 13.6. The molecule has 1 aromatic heterocycles. The lowest BCUT2D eigenvalue weighted by Crippen LogP contribution is -2.32. The molecule has 0 aliphatic carbocycles. The number of furan rings is 1. The zero-order valence-corrected chi connectivity index (χ0v) is 11.1. The molecule has 1 aromatic rings. The molecule has 0 saturated carbocycles. The fraction of sp³-hybridized carbons (Fsp3) is 0.500. The van der Waals surface area contributed by atoms with E-state index in [9.17, 15) is 4.79 Å². The van der Waals surface area contributed by atoms with Crippen LogP contribution >= 0.6 is 11.6 Å². The van der Waals surface area contributed by atoms with Crippen molar-refractivity contribution < 1.29 is 9.21 Å². The Bertz CT molecular complexity index is 483. The minimum Gasteiger partial charge on any atom is -0.444 e. The molecule has 4 nitrogen and oxygen atoms in total. The predicted molar refractivity (Wildman–Crippen MR) is 66.0 cm³/mol. The van der Waals surface area contributed by atoms with Gasteiger partial charge in [0.25, 0.3) is 0 Å². The lowest BCUT2D eigenvalue weighted by Gasteiger charge is -2.19. The zero-order valence-electron chi connectivity index (χ0n) is 10.3. The average Bonchev–Trinajstić information content (AvgIpc) is 2.54. The summed E-state index contributed by atoms with van der Waals surface area (Å²) in [5, 5.41) is 11.6. The maximum Gasteiger partial charge on any atom is 0.233 e. The molecule has 5 heteroatoms. The Hall–Kier alpha value is -1.47. The van der Waals surface area contributed by atoms with Crippen LogP contribution < -0.4 is 5.32 Å². The van der Waals surface area contributed by atoms with Gasteiger partial charge in [0, 0.05) is 11.4 Å². The number of nitrogens with one attached hydrogen (secondary N) is 1. The molecule has 0 aliphatic rings. The summed E-state index contributed by atoms with van der Waals surface area (Å²) in [6.45, 7) is 6.98. The minimum absolute atomic E-state index is 0.194. The van der Waals surface area contributed by atoms with Crippen LogP contribution in [0.4, 0.5) is 5.88 Å². The number of amides is 1. The first-order chi connectivity index (χ1) is 7.83. The molecule has 0 aromatic carbocycles. The van der Waals surface area contributed by atoms with E-state index < -0.39 is 5.41 Å². The largest absolute Gasteiger partial charge is 0.444 e. The average molecular weight is 255 g/mol. The van der Waals surface area contributed by atoms with Crippen molar-refractivity contribution in [2.75, 3.05) is 11.2 Å². The molecule has 0 bridgehead atoms. The minimum atomic E-state index is -0.705. The van der Waals surface area contributed by atoms with Gasteiger partial charge in [-0.15, -0.1) is 11.6 Å². The van der Waals surface area contributed by atoms with E-state index in [4.69, 9.17) is 21.3 Å². The summed E-state index contributed by atoms with van der Waals surface area (Å²) in [5.41, 5.74) is 0.399. The highest BCUT2D eigenvalue weighted by atomic mass is 35.5. The van der Waals surface area contributed by atoms with Gasteiger partial charge in [0.1, 0.15) is 17.4 Å². The van der Waals surface area contributed by atoms with Crippen molar-refractivity contribution in [3.05, 3.63) is 16.9 Å². The highest BCUT2D eigenvalue weighted by Gasteiger charge is 2.28. The molecular formula is C12H15ClN2O2. The SMILES string of the molecule is Cc1oc(NC(=O)C(C)(C)CCl)c(C#N)c1C. The highest BCUT2D eigenvalue weighted by Crippen LogP contribution is 2.27. The first-order valence-corrected chi connectivity index (χ1v) is 5.74. The van der Waals surface area contributed by atoms with Crippen LogP contribution in [0.1, 0.15) is 30.7 Å². The number of hydrogen-bond acceptors (Lipinski definition) is 3. The smallest absolute Gasteiger partial charge is 0.233 e. The lowest BCUT2D eigenvalue weighted by molar-refractivity contribution is -0.123. The molecule has 1 amide bonds. The lowest BCUT2D eigenvalue weighted by atomic mass is 9.95. The number of nitriles is 1. The van der Waals surface area contributed by atoms with Gasteiger partial charge in [-0.3, -0.25) is 10.1 Å². The molecule has 0 saturated heterocycles. The molecule has 1 heterocycles. The van der Waals surface area contributed by atoms with Crippen LogP contribution in [-0.4, -0.2) is 11.8 Å². The Morgan fingerprint density at radius 1 is 1.53 bits per heavy atom. The van der Waals surface area contributed by atoms with Gasteiger partial charge in [0.2, 0.25) is 11.8 Å². The van der Waals surface area contributed by atoms with Gasteiger partial charge in [-0.1, -0.05) is 0 Å². The van der Waals surface area contributed by atoms with Crippen LogP contribution in [-0.2, 0) is 4.79 Å². The van der Waals surface area contributed by atoms with Crippen LogP contribution in [0.3, 0.4) is 0 Å². The van der Waals surface area contributed by atoms with Crippen LogP contribution in [0.25, 0.3) is 0 Å². The third-order valence-corrected chi connectivity index (χ3v) is 3.34. The van der Waals surface area contributed by atoms with Crippen molar-refractivity contribution in [1.82, 2.24) is 0 Å². The maximum atomic E-state index is 11.9. The number of hydrogen-bond donors (Lipinski definition) is 1. The molecule has 92 valence electrons. The molecule has 0 unspecified atom stereocenters. The Balaban J connectivity index is 3.02. The second-order valence-corrected chi connectivity index (χ2v) is 4.84. The van der Waals surface area contributed by atoms with E-state index in [-0.39, 0.29) is 17.7 Å². The van der Waals surface area contributed by atoms with Gasteiger partial charge in [-0.25, -0.2) is 0 Å². The topological polar surface area (TPSA) is 66.0 Å². The number of rotatable bonds is 3. The molecule has 17 heavy (non-hydrogen) atoms. The monoisotopic (exact) mass is 254 g/mol. The fourth-order valence-corrected chi connectivity index (χ4v) is 1.30. The number of alkyl halides is 1. The van der Waals surface area contributed by atoms with Crippen molar-refractivity contribution in [2.45, 2.75) is 27.7 Å². The molecule has 1 N–H and O–H groups in total. The molecule has 0 radical (unpaired) electrons.